The van der Waals surface area contributed by atoms with Gasteiger partial charge in [-0.3, -0.25) is 4.79 Å². The molecule has 1 saturated heterocycles. The van der Waals surface area contributed by atoms with Crippen LogP contribution in [0.25, 0.3) is 0 Å². The Bertz CT molecular complexity index is 641. The normalized spacial score (nSPS) is 20.4. The van der Waals surface area contributed by atoms with Gasteiger partial charge in [0.25, 0.3) is 0 Å². The predicted octanol–water partition coefficient (Wildman–Crippen LogP) is 2.99. The van der Waals surface area contributed by atoms with Gasteiger partial charge >= 0.3 is 12.1 Å². The molecule has 1 aliphatic heterocycles. The van der Waals surface area contributed by atoms with E-state index in [1.807, 2.05) is 32.9 Å². The monoisotopic (exact) mass is 364 g/mol. The summed E-state index contributed by atoms with van der Waals surface area (Å²) in [7, 11) is 1.56. The van der Waals surface area contributed by atoms with Crippen LogP contribution in [-0.4, -0.2) is 54.4 Å². The molecule has 0 aliphatic carbocycles. The van der Waals surface area contributed by atoms with Gasteiger partial charge in [-0.1, -0.05) is 0 Å². The predicted molar refractivity (Wildman–Crippen MR) is 96.1 cm³/mol. The maximum Gasteiger partial charge on any atom is 0.410 e. The molecular formula is C19H28N2O5. The van der Waals surface area contributed by atoms with Crippen LogP contribution in [0.5, 0.6) is 5.88 Å². The van der Waals surface area contributed by atoms with Crippen molar-refractivity contribution in [1.82, 2.24) is 9.88 Å². The smallest absolute Gasteiger partial charge is 0.410 e. The Morgan fingerprint density at radius 2 is 2.08 bits per heavy atom. The number of likely N-dealkylation sites (tertiary alicyclic amines) is 1. The van der Waals surface area contributed by atoms with E-state index in [0.717, 1.165) is 5.56 Å². The molecule has 0 radical (unpaired) electrons. The van der Waals surface area contributed by atoms with Crippen LogP contribution >= 0.6 is 0 Å². The summed E-state index contributed by atoms with van der Waals surface area (Å²) in [5.74, 6) is -0.325. The first kappa shape index (κ1) is 20.0. The molecule has 2 rings (SSSR count). The van der Waals surface area contributed by atoms with E-state index in [-0.39, 0.29) is 18.4 Å². The third-order valence-electron chi connectivity index (χ3n) is 4.25. The van der Waals surface area contributed by atoms with Gasteiger partial charge in [-0.2, -0.15) is 0 Å². The highest BCUT2D eigenvalue weighted by Crippen LogP contribution is 2.35. The van der Waals surface area contributed by atoms with E-state index in [4.69, 9.17) is 14.2 Å². The minimum atomic E-state index is -0.578. The lowest BCUT2D eigenvalue weighted by molar-refractivity contribution is -0.150. The van der Waals surface area contributed by atoms with Crippen molar-refractivity contribution in [3.05, 3.63) is 23.9 Å². The number of nitrogens with zero attached hydrogens (tertiary/aromatic N) is 2. The lowest BCUT2D eigenvalue weighted by Crippen LogP contribution is -2.47. The average molecular weight is 364 g/mol. The van der Waals surface area contributed by atoms with Crippen LogP contribution in [-0.2, 0) is 14.3 Å². The first-order chi connectivity index (χ1) is 12.2. The molecule has 7 heteroatoms. The molecule has 0 saturated carbocycles. The van der Waals surface area contributed by atoms with Gasteiger partial charge in [0, 0.05) is 31.3 Å². The Labute approximate surface area is 154 Å². The SMILES string of the molecule is CCOC(=O)[C@@H]1CN(C(=O)OC(C)(C)C)CC[C@H]1c1ccnc(OC)c1. The maximum atomic E-state index is 12.5. The number of amides is 1. The molecule has 1 aliphatic rings. The first-order valence-electron chi connectivity index (χ1n) is 8.89. The Morgan fingerprint density at radius 1 is 1.35 bits per heavy atom. The van der Waals surface area contributed by atoms with Crippen molar-refractivity contribution in [3.63, 3.8) is 0 Å². The zero-order valence-corrected chi connectivity index (χ0v) is 16.2. The second kappa shape index (κ2) is 8.38. The molecule has 0 spiro atoms. The fraction of sp³-hybridized carbons (Fsp3) is 0.632. The number of esters is 1. The number of pyridine rings is 1. The lowest BCUT2D eigenvalue weighted by atomic mass is 9.81. The molecule has 1 fully saturated rings. The van der Waals surface area contributed by atoms with Crippen LogP contribution < -0.4 is 4.74 Å². The second-order valence-electron chi connectivity index (χ2n) is 7.31. The zero-order valence-electron chi connectivity index (χ0n) is 16.2. The van der Waals surface area contributed by atoms with E-state index in [9.17, 15) is 9.59 Å². The quantitative estimate of drug-likeness (QED) is 0.764. The molecule has 0 bridgehead atoms. The van der Waals surface area contributed by atoms with Gasteiger partial charge in [-0.25, -0.2) is 9.78 Å². The van der Waals surface area contributed by atoms with Gasteiger partial charge in [0.1, 0.15) is 5.60 Å². The third-order valence-corrected chi connectivity index (χ3v) is 4.25. The summed E-state index contributed by atoms with van der Waals surface area (Å²) in [6, 6.07) is 3.71. The van der Waals surface area contributed by atoms with Gasteiger partial charge in [0.15, 0.2) is 0 Å². The number of piperidine rings is 1. The number of carbonyl (C=O) groups is 2. The fourth-order valence-electron chi connectivity index (χ4n) is 3.10. The average Bonchev–Trinajstić information content (AvgIpc) is 2.60. The van der Waals surface area contributed by atoms with Gasteiger partial charge in [-0.15, -0.1) is 0 Å². The summed E-state index contributed by atoms with van der Waals surface area (Å²) in [5.41, 5.74) is 0.380. The van der Waals surface area contributed by atoms with E-state index in [1.54, 1.807) is 25.1 Å². The van der Waals surface area contributed by atoms with Crippen LogP contribution in [0.15, 0.2) is 18.3 Å². The fourth-order valence-corrected chi connectivity index (χ4v) is 3.10. The molecule has 0 aromatic carbocycles. The van der Waals surface area contributed by atoms with Crippen molar-refractivity contribution in [2.45, 2.75) is 45.6 Å². The number of hydrogen-bond acceptors (Lipinski definition) is 6. The van der Waals surface area contributed by atoms with E-state index in [0.29, 0.717) is 25.5 Å². The molecule has 0 unspecified atom stereocenters. The minimum Gasteiger partial charge on any atom is -0.481 e. The Balaban J connectivity index is 2.22. The van der Waals surface area contributed by atoms with Gasteiger partial charge < -0.3 is 19.1 Å². The highest BCUT2D eigenvalue weighted by Gasteiger charge is 2.39. The molecule has 2 atom stereocenters. The van der Waals surface area contributed by atoms with Crippen molar-refractivity contribution in [2.75, 3.05) is 26.8 Å². The maximum absolute atomic E-state index is 12.5. The van der Waals surface area contributed by atoms with Crippen molar-refractivity contribution < 1.29 is 23.8 Å². The van der Waals surface area contributed by atoms with Crippen LogP contribution in [0.1, 0.15) is 45.6 Å². The summed E-state index contributed by atoms with van der Waals surface area (Å²) in [6.07, 6.45) is 1.89. The topological polar surface area (TPSA) is 78.0 Å². The van der Waals surface area contributed by atoms with E-state index >= 15 is 0 Å². The zero-order chi connectivity index (χ0) is 19.3. The van der Waals surface area contributed by atoms with E-state index in [2.05, 4.69) is 4.98 Å². The van der Waals surface area contributed by atoms with Crippen LogP contribution in [0.2, 0.25) is 0 Å². The summed E-state index contributed by atoms with van der Waals surface area (Å²) < 4.78 is 15.9. The van der Waals surface area contributed by atoms with Crippen LogP contribution in [0, 0.1) is 5.92 Å². The molecule has 1 amide bonds. The van der Waals surface area contributed by atoms with Gasteiger partial charge in [-0.05, 0) is 45.7 Å². The summed E-state index contributed by atoms with van der Waals surface area (Å²) in [6.45, 7) is 8.32. The molecule has 2 heterocycles. The van der Waals surface area contributed by atoms with E-state index < -0.39 is 17.6 Å². The molecule has 0 N–H and O–H groups in total. The first-order valence-corrected chi connectivity index (χ1v) is 8.89. The number of rotatable bonds is 4. The van der Waals surface area contributed by atoms with Gasteiger partial charge in [0.2, 0.25) is 5.88 Å². The Hall–Kier alpha value is -2.31. The lowest BCUT2D eigenvalue weighted by Gasteiger charge is -2.38. The number of methoxy groups -OCH3 is 1. The van der Waals surface area contributed by atoms with E-state index in [1.165, 1.54) is 0 Å². The van der Waals surface area contributed by atoms with Crippen LogP contribution in [0.3, 0.4) is 0 Å². The number of hydrogen-bond donors (Lipinski definition) is 0. The second-order valence-corrected chi connectivity index (χ2v) is 7.31. The van der Waals surface area contributed by atoms with Gasteiger partial charge in [0.05, 0.1) is 19.6 Å². The number of aromatic nitrogens is 1. The largest absolute Gasteiger partial charge is 0.481 e. The van der Waals surface area contributed by atoms with Crippen molar-refractivity contribution >= 4 is 12.1 Å². The molecule has 26 heavy (non-hydrogen) atoms. The summed E-state index contributed by atoms with van der Waals surface area (Å²) in [5, 5.41) is 0. The molecule has 144 valence electrons. The van der Waals surface area contributed by atoms with Crippen molar-refractivity contribution in [1.29, 1.82) is 0 Å². The summed E-state index contributed by atoms with van der Waals surface area (Å²) in [4.78, 5) is 30.7. The number of ether oxygens (including phenoxy) is 3. The van der Waals surface area contributed by atoms with Crippen molar-refractivity contribution in [2.24, 2.45) is 5.92 Å². The molecule has 1 aromatic heterocycles. The molecule has 1 aromatic rings. The molecular weight excluding hydrogens is 336 g/mol. The molecule has 7 nitrogen and oxygen atoms in total. The highest BCUT2D eigenvalue weighted by atomic mass is 16.6. The summed E-state index contributed by atoms with van der Waals surface area (Å²) >= 11 is 0. The Morgan fingerprint density at radius 3 is 2.69 bits per heavy atom. The number of carbonyl (C=O) groups excluding carboxylic acids is 2. The Kier molecular flexibility index (Phi) is 6.45. The minimum absolute atomic E-state index is 0.0652. The third kappa shape index (κ3) is 5.09. The van der Waals surface area contributed by atoms with Crippen molar-refractivity contribution in [3.8, 4) is 5.88 Å². The standard InChI is InChI=1S/C19H28N2O5/c1-6-25-17(22)15-12-21(18(23)26-19(2,3)4)10-8-14(15)13-7-9-20-16(11-13)24-5/h7,9,11,14-15H,6,8,10,12H2,1-5H3/t14-,15+/m0/s1. The highest BCUT2D eigenvalue weighted by molar-refractivity contribution is 5.76. The van der Waals surface area contributed by atoms with Crippen LogP contribution in [0.4, 0.5) is 4.79 Å².